The number of aliphatic imine (C=N–C) groups is 2. The molecule has 0 saturated heterocycles. The summed E-state index contributed by atoms with van der Waals surface area (Å²) in [6, 6.07) is 19.4. The van der Waals surface area contributed by atoms with Gasteiger partial charge in [-0.05, 0) is 54.7 Å². The molecule has 44 heavy (non-hydrogen) atoms. The molecule has 0 spiro atoms. The summed E-state index contributed by atoms with van der Waals surface area (Å²) in [6.45, 7) is 6.64. The fraction of sp³-hybridized carbons (Fsp3) is 0.273. The Bertz CT molecular complexity index is 2180. The first-order valence-corrected chi connectivity index (χ1v) is 18.6. The van der Waals surface area contributed by atoms with Crippen LogP contribution in [-0.4, -0.2) is 44.3 Å². The van der Waals surface area contributed by atoms with Crippen LogP contribution >= 0.6 is 46.7 Å². The second-order valence-corrected chi connectivity index (χ2v) is 14.8. The zero-order chi connectivity index (χ0) is 29.9. The highest BCUT2D eigenvalue weighted by Gasteiger charge is 2.37. The minimum Gasteiger partial charge on any atom is -0.319 e. The maximum absolute atomic E-state index is 7.59. The van der Waals surface area contributed by atoms with Gasteiger partial charge in [-0.3, -0.25) is 0 Å². The average molecular weight is 653 g/mol. The molecule has 0 fully saturated rings. The van der Waals surface area contributed by atoms with Gasteiger partial charge in [-0.25, -0.2) is 20.0 Å². The van der Waals surface area contributed by atoms with Gasteiger partial charge in [-0.1, -0.05) is 57.2 Å². The van der Waals surface area contributed by atoms with Gasteiger partial charge in [0.2, 0.25) is 0 Å². The summed E-state index contributed by atoms with van der Waals surface area (Å²) in [5.74, 6) is 6.06. The number of halogens is 1. The largest absolute Gasteiger partial charge is 0.499 e. The van der Waals surface area contributed by atoms with Crippen molar-refractivity contribution >= 4 is 98.0 Å². The van der Waals surface area contributed by atoms with E-state index in [-0.39, 0.29) is 0 Å². The Balaban J connectivity index is 1.55. The molecule has 0 aliphatic carbocycles. The summed E-state index contributed by atoms with van der Waals surface area (Å²) in [6.07, 6.45) is 2.66. The normalized spacial score (nSPS) is 14.4. The van der Waals surface area contributed by atoms with Gasteiger partial charge in [-0.15, -0.1) is 46.7 Å². The van der Waals surface area contributed by atoms with Crippen molar-refractivity contribution in [2.45, 2.75) is 54.7 Å². The van der Waals surface area contributed by atoms with Gasteiger partial charge in [0.05, 0.1) is 0 Å². The molecular formula is C33H30BClN6S3. The second-order valence-electron chi connectivity index (χ2n) is 11.0. The van der Waals surface area contributed by atoms with Crippen molar-refractivity contribution in [3.05, 3.63) is 76.7 Å². The molecule has 4 bridgehead atoms. The first kappa shape index (κ1) is 28.6. The van der Waals surface area contributed by atoms with Crippen LogP contribution in [-0.2, 0) is 0 Å². The second kappa shape index (κ2) is 11.5. The molecule has 0 amide bonds. The molecule has 3 aromatic carbocycles. The molecule has 0 N–H and O–H groups in total. The van der Waals surface area contributed by atoms with Gasteiger partial charge < -0.3 is 8.96 Å². The highest BCUT2D eigenvalue weighted by atomic mass is 35.5. The van der Waals surface area contributed by atoms with E-state index in [1.54, 1.807) is 0 Å². The molecule has 0 atom stereocenters. The average Bonchev–Trinajstić information content (AvgIpc) is 3.67. The van der Waals surface area contributed by atoms with Crippen molar-refractivity contribution in [3.8, 4) is 0 Å². The topological polar surface area (TPSA) is 59.3 Å². The highest BCUT2D eigenvalue weighted by Crippen LogP contribution is 2.46. The molecule has 3 aliphatic rings. The Labute approximate surface area is 274 Å². The van der Waals surface area contributed by atoms with Gasteiger partial charge >= 0.3 is 6.40 Å². The van der Waals surface area contributed by atoms with E-state index in [4.69, 9.17) is 31.4 Å². The van der Waals surface area contributed by atoms with E-state index < -0.39 is 6.40 Å². The number of aromatic nitrogens is 2. The van der Waals surface area contributed by atoms with E-state index >= 15 is 0 Å². The van der Waals surface area contributed by atoms with Gasteiger partial charge in [0.25, 0.3) is 0 Å². The number of hydrogen-bond donors (Lipinski definition) is 0. The van der Waals surface area contributed by atoms with Crippen molar-refractivity contribution in [2.75, 3.05) is 17.3 Å². The zero-order valence-electron chi connectivity index (χ0n) is 24.8. The van der Waals surface area contributed by atoms with Gasteiger partial charge in [0.15, 0.2) is 11.7 Å². The number of benzene rings is 3. The lowest BCUT2D eigenvalue weighted by Crippen LogP contribution is -2.45. The van der Waals surface area contributed by atoms with E-state index in [0.29, 0.717) is 11.7 Å². The van der Waals surface area contributed by atoms with Gasteiger partial charge in [0, 0.05) is 47.4 Å². The third-order valence-corrected chi connectivity index (χ3v) is 12.2. The van der Waals surface area contributed by atoms with Crippen molar-refractivity contribution in [1.82, 2.24) is 8.96 Å². The molecule has 5 heterocycles. The molecule has 0 radical (unpaired) electrons. The Morgan fingerprint density at radius 2 is 1.25 bits per heavy atom. The number of amidine groups is 2. The SMILES string of the molecule is CCCSc1cccc2c1C1=Nc3c4cccc(SCCC)c4c4n3B(Cl)n3c(c5cccc(SCCC)c5c3=NC2=N1)=N4. The Morgan fingerprint density at radius 3 is 1.98 bits per heavy atom. The Morgan fingerprint density at radius 1 is 0.614 bits per heavy atom. The highest BCUT2D eigenvalue weighted by molar-refractivity contribution is 8.00. The summed E-state index contributed by atoms with van der Waals surface area (Å²) in [5, 5.41) is 4.28. The van der Waals surface area contributed by atoms with Crippen molar-refractivity contribution < 1.29 is 0 Å². The summed E-state index contributed by atoms with van der Waals surface area (Å²) < 4.78 is 4.19. The van der Waals surface area contributed by atoms with Crippen LogP contribution in [0.4, 0.5) is 11.6 Å². The van der Waals surface area contributed by atoms with Crippen molar-refractivity contribution in [1.29, 1.82) is 0 Å². The molecule has 2 aromatic heterocycles. The Kier molecular flexibility index (Phi) is 7.44. The third-order valence-electron chi connectivity index (χ3n) is 8.04. The fourth-order valence-electron chi connectivity index (χ4n) is 6.19. The number of thioether (sulfide) groups is 3. The molecule has 3 aliphatic heterocycles. The van der Waals surface area contributed by atoms with E-state index in [9.17, 15) is 0 Å². The smallest absolute Gasteiger partial charge is 0.319 e. The predicted octanol–water partition coefficient (Wildman–Crippen LogP) is 8.46. The van der Waals surface area contributed by atoms with Gasteiger partial charge in [0.1, 0.15) is 22.6 Å². The first-order chi connectivity index (χ1) is 21.6. The minimum absolute atomic E-state index is 0.599. The number of rotatable bonds is 9. The van der Waals surface area contributed by atoms with Crippen LogP contribution in [0.1, 0.15) is 51.2 Å². The van der Waals surface area contributed by atoms with Crippen molar-refractivity contribution in [3.63, 3.8) is 0 Å². The number of nitrogens with zero attached hydrogens (tertiary/aromatic N) is 6. The lowest BCUT2D eigenvalue weighted by molar-refractivity contribution is 0.937. The molecule has 6 nitrogen and oxygen atoms in total. The molecular weight excluding hydrogens is 623 g/mol. The van der Waals surface area contributed by atoms with Crippen LogP contribution in [0.25, 0.3) is 21.5 Å². The van der Waals surface area contributed by atoms with E-state index in [1.165, 1.54) is 14.7 Å². The minimum atomic E-state index is -0.599. The van der Waals surface area contributed by atoms with E-state index in [1.807, 2.05) is 35.3 Å². The number of fused-ring (bicyclic) bond motifs is 10. The molecule has 8 rings (SSSR count). The van der Waals surface area contributed by atoms with Crippen LogP contribution in [0, 0.1) is 0 Å². The number of hydrogen-bond acceptors (Lipinski definition) is 7. The first-order valence-electron chi connectivity index (χ1n) is 15.2. The molecule has 0 saturated carbocycles. The van der Waals surface area contributed by atoms with Crippen LogP contribution < -0.4 is 11.0 Å². The maximum Gasteiger partial charge on any atom is 0.499 e. The summed E-state index contributed by atoms with van der Waals surface area (Å²) in [4.78, 5) is 24.9. The van der Waals surface area contributed by atoms with E-state index in [2.05, 4.69) is 84.3 Å². The monoisotopic (exact) mass is 652 g/mol. The summed E-state index contributed by atoms with van der Waals surface area (Å²) >= 11 is 13.2. The van der Waals surface area contributed by atoms with Crippen LogP contribution in [0.3, 0.4) is 0 Å². The zero-order valence-corrected chi connectivity index (χ0v) is 28.0. The molecule has 0 unspecified atom stereocenters. The molecule has 11 heteroatoms. The van der Waals surface area contributed by atoms with Crippen LogP contribution in [0.5, 0.6) is 0 Å². The van der Waals surface area contributed by atoms with Crippen LogP contribution in [0.2, 0.25) is 0 Å². The maximum atomic E-state index is 7.59. The van der Waals surface area contributed by atoms with Gasteiger partial charge in [-0.2, -0.15) is 0 Å². The molecule has 220 valence electrons. The van der Waals surface area contributed by atoms with E-state index in [0.717, 1.165) is 91.8 Å². The van der Waals surface area contributed by atoms with Crippen LogP contribution in [0.15, 0.2) is 89.3 Å². The fourth-order valence-corrected chi connectivity index (χ4v) is 9.40. The third kappa shape index (κ3) is 4.28. The molecule has 5 aromatic rings. The summed E-state index contributed by atoms with van der Waals surface area (Å²) in [7, 11) is 0. The Hall–Kier alpha value is -2.92. The quantitative estimate of drug-likeness (QED) is 0.119. The lowest BCUT2D eigenvalue weighted by atomic mass is 10.1. The standard InChI is InChI=1S/C33H30BClN6S3/c1-4-16-42-22-13-7-10-19-25(22)29-36-28(19)37-32-26-21(12-9-14-23(26)43-17-5-2)31-39-33-27-20(11-8-15-24(27)44-18-6-3)30(38-29)40(33)34(35)41(31)32/h7-15H,4-6,16-18H2,1-3H3. The lowest BCUT2D eigenvalue weighted by Gasteiger charge is -2.18. The predicted molar refractivity (Wildman–Crippen MR) is 190 cm³/mol. The summed E-state index contributed by atoms with van der Waals surface area (Å²) in [5.41, 5.74) is 3.70. The van der Waals surface area contributed by atoms with Crippen molar-refractivity contribution in [2.24, 2.45) is 20.0 Å².